The van der Waals surface area contributed by atoms with Gasteiger partial charge in [-0.05, 0) is 26.0 Å². The summed E-state index contributed by atoms with van der Waals surface area (Å²) in [6.07, 6.45) is 3.27. The van der Waals surface area contributed by atoms with Crippen molar-refractivity contribution in [2.45, 2.75) is 13.8 Å². The van der Waals surface area contributed by atoms with Crippen LogP contribution < -0.4 is 4.90 Å². The molecule has 1 saturated heterocycles. The highest BCUT2D eigenvalue weighted by atomic mass is 16.6. The van der Waals surface area contributed by atoms with Crippen LogP contribution in [0.5, 0.6) is 0 Å². The van der Waals surface area contributed by atoms with Gasteiger partial charge in [-0.1, -0.05) is 0 Å². The molecule has 126 valence electrons. The van der Waals surface area contributed by atoms with Crippen LogP contribution in [0, 0.1) is 6.92 Å². The molecule has 3 rings (SSSR count). The fraction of sp³-hybridized carbons (Fsp3) is 0.412. The first-order valence-corrected chi connectivity index (χ1v) is 8.10. The van der Waals surface area contributed by atoms with Crippen LogP contribution in [0.1, 0.15) is 12.7 Å². The van der Waals surface area contributed by atoms with Gasteiger partial charge in [0, 0.05) is 50.2 Å². The Balaban J connectivity index is 1.74. The molecule has 1 aliphatic heterocycles. The summed E-state index contributed by atoms with van der Waals surface area (Å²) in [5, 5.41) is 0. The van der Waals surface area contributed by atoms with E-state index in [0.29, 0.717) is 19.7 Å². The highest BCUT2D eigenvalue weighted by Crippen LogP contribution is 2.22. The van der Waals surface area contributed by atoms with Crippen LogP contribution in [0.3, 0.4) is 0 Å². The Morgan fingerprint density at radius 3 is 2.54 bits per heavy atom. The van der Waals surface area contributed by atoms with Crippen molar-refractivity contribution in [2.24, 2.45) is 0 Å². The van der Waals surface area contributed by atoms with Crippen molar-refractivity contribution in [3.8, 4) is 11.3 Å². The molecule has 2 aromatic rings. The minimum atomic E-state index is -0.242. The van der Waals surface area contributed by atoms with Crippen molar-refractivity contribution in [2.75, 3.05) is 37.7 Å². The molecule has 0 aliphatic carbocycles. The number of aryl methyl sites for hydroxylation is 1. The lowest BCUT2D eigenvalue weighted by molar-refractivity contribution is 0.105. The minimum Gasteiger partial charge on any atom is -0.450 e. The molecule has 0 spiro atoms. The van der Waals surface area contributed by atoms with Gasteiger partial charge in [-0.3, -0.25) is 4.98 Å². The molecule has 2 aromatic heterocycles. The molecule has 0 bridgehead atoms. The highest BCUT2D eigenvalue weighted by Gasteiger charge is 2.23. The third-order valence-corrected chi connectivity index (χ3v) is 3.93. The quantitative estimate of drug-likeness (QED) is 0.860. The lowest BCUT2D eigenvalue weighted by Gasteiger charge is -2.34. The molecular weight excluding hydrogens is 306 g/mol. The molecule has 0 N–H and O–H groups in total. The fourth-order valence-corrected chi connectivity index (χ4v) is 2.72. The van der Waals surface area contributed by atoms with Gasteiger partial charge in [-0.25, -0.2) is 14.8 Å². The van der Waals surface area contributed by atoms with Crippen LogP contribution in [0.15, 0.2) is 30.6 Å². The molecule has 1 fully saturated rings. The monoisotopic (exact) mass is 327 g/mol. The van der Waals surface area contributed by atoms with E-state index in [1.54, 1.807) is 17.3 Å². The van der Waals surface area contributed by atoms with Gasteiger partial charge in [-0.15, -0.1) is 0 Å². The predicted octanol–water partition coefficient (Wildman–Crippen LogP) is 2.13. The van der Waals surface area contributed by atoms with E-state index in [0.717, 1.165) is 36.0 Å². The molecule has 7 heteroatoms. The number of rotatable bonds is 3. The van der Waals surface area contributed by atoms with Gasteiger partial charge in [0.25, 0.3) is 0 Å². The van der Waals surface area contributed by atoms with Crippen molar-refractivity contribution < 1.29 is 9.53 Å². The molecule has 0 saturated carbocycles. The summed E-state index contributed by atoms with van der Waals surface area (Å²) in [5.41, 5.74) is 1.90. The third kappa shape index (κ3) is 3.61. The predicted molar refractivity (Wildman–Crippen MR) is 90.8 cm³/mol. The zero-order valence-corrected chi connectivity index (χ0v) is 14.0. The number of ether oxygens (including phenoxy) is 1. The molecule has 24 heavy (non-hydrogen) atoms. The molecular formula is C17H21N5O2. The smallest absolute Gasteiger partial charge is 0.409 e. The van der Waals surface area contributed by atoms with E-state index in [2.05, 4.69) is 19.9 Å². The number of piperazine rings is 1. The maximum absolute atomic E-state index is 11.8. The largest absolute Gasteiger partial charge is 0.450 e. The van der Waals surface area contributed by atoms with Crippen LogP contribution >= 0.6 is 0 Å². The average molecular weight is 327 g/mol. The van der Waals surface area contributed by atoms with Crippen LogP contribution in [0.2, 0.25) is 0 Å². The van der Waals surface area contributed by atoms with Crippen LogP contribution in [0.4, 0.5) is 10.6 Å². The van der Waals surface area contributed by atoms with E-state index >= 15 is 0 Å². The lowest BCUT2D eigenvalue weighted by atomic mass is 10.2. The summed E-state index contributed by atoms with van der Waals surface area (Å²) in [6, 6.07) is 5.86. The highest BCUT2D eigenvalue weighted by molar-refractivity contribution is 5.68. The third-order valence-electron chi connectivity index (χ3n) is 3.93. The van der Waals surface area contributed by atoms with Crippen LogP contribution in [-0.2, 0) is 4.74 Å². The lowest BCUT2D eigenvalue weighted by Crippen LogP contribution is -2.49. The molecule has 7 nitrogen and oxygen atoms in total. The number of aromatic nitrogens is 3. The summed E-state index contributed by atoms with van der Waals surface area (Å²) in [5.74, 6) is 1.62. The number of pyridine rings is 1. The molecule has 0 aromatic carbocycles. The van der Waals surface area contributed by atoms with Crippen LogP contribution in [0.25, 0.3) is 11.3 Å². The van der Waals surface area contributed by atoms with Gasteiger partial charge in [0.15, 0.2) is 0 Å². The van der Waals surface area contributed by atoms with Crippen molar-refractivity contribution in [3.05, 3.63) is 36.4 Å². The van der Waals surface area contributed by atoms with Gasteiger partial charge < -0.3 is 14.5 Å². The summed E-state index contributed by atoms with van der Waals surface area (Å²) in [7, 11) is 0. The van der Waals surface area contributed by atoms with Crippen molar-refractivity contribution in [1.29, 1.82) is 0 Å². The van der Waals surface area contributed by atoms with E-state index in [-0.39, 0.29) is 6.09 Å². The van der Waals surface area contributed by atoms with Crippen molar-refractivity contribution >= 4 is 11.9 Å². The number of carbonyl (C=O) groups excluding carboxylic acids is 1. The number of anilines is 1. The maximum Gasteiger partial charge on any atom is 0.409 e. The van der Waals surface area contributed by atoms with E-state index in [1.165, 1.54) is 0 Å². The molecule has 3 heterocycles. The van der Waals surface area contributed by atoms with Gasteiger partial charge >= 0.3 is 6.09 Å². The number of hydrogen-bond acceptors (Lipinski definition) is 6. The zero-order valence-electron chi connectivity index (χ0n) is 14.0. The Bertz CT molecular complexity index is 699. The Labute approximate surface area is 141 Å². The Morgan fingerprint density at radius 2 is 1.88 bits per heavy atom. The minimum absolute atomic E-state index is 0.242. The van der Waals surface area contributed by atoms with Crippen LogP contribution in [-0.4, -0.2) is 58.7 Å². The number of nitrogens with zero attached hydrogens (tertiary/aromatic N) is 5. The van der Waals surface area contributed by atoms with Crippen molar-refractivity contribution in [1.82, 2.24) is 19.9 Å². The van der Waals surface area contributed by atoms with E-state index in [1.807, 2.05) is 32.0 Å². The van der Waals surface area contributed by atoms with Crippen molar-refractivity contribution in [3.63, 3.8) is 0 Å². The molecule has 0 atom stereocenters. The number of carbonyl (C=O) groups is 1. The molecule has 0 radical (unpaired) electrons. The summed E-state index contributed by atoms with van der Waals surface area (Å²) in [4.78, 5) is 28.8. The second-order valence-corrected chi connectivity index (χ2v) is 5.57. The topological polar surface area (TPSA) is 71.5 Å². The normalized spacial score (nSPS) is 14.6. The first-order valence-electron chi connectivity index (χ1n) is 8.10. The first-order chi connectivity index (χ1) is 11.7. The summed E-state index contributed by atoms with van der Waals surface area (Å²) in [6.45, 7) is 6.83. The maximum atomic E-state index is 11.8. The standard InChI is InChI=1S/C17H21N5O2/c1-3-24-17(23)22-10-8-21(9-11-22)16-12-15(19-13(2)20-16)14-4-6-18-7-5-14/h4-7,12H,3,8-11H2,1-2H3. The Hall–Kier alpha value is -2.70. The average Bonchev–Trinajstić information content (AvgIpc) is 2.62. The number of hydrogen-bond donors (Lipinski definition) is 0. The van der Waals surface area contributed by atoms with E-state index < -0.39 is 0 Å². The van der Waals surface area contributed by atoms with Gasteiger partial charge in [0.1, 0.15) is 11.6 Å². The first kappa shape index (κ1) is 16.2. The Kier molecular flexibility index (Phi) is 4.88. The zero-order chi connectivity index (χ0) is 16.9. The summed E-state index contributed by atoms with van der Waals surface area (Å²) < 4.78 is 5.06. The second-order valence-electron chi connectivity index (χ2n) is 5.57. The number of amides is 1. The molecule has 1 aliphatic rings. The van der Waals surface area contributed by atoms with Gasteiger partial charge in [0.05, 0.1) is 12.3 Å². The summed E-state index contributed by atoms with van der Waals surface area (Å²) >= 11 is 0. The van der Waals surface area contributed by atoms with Gasteiger partial charge in [0.2, 0.25) is 0 Å². The molecule has 0 unspecified atom stereocenters. The SMILES string of the molecule is CCOC(=O)N1CCN(c2cc(-c3ccncc3)nc(C)n2)CC1. The van der Waals surface area contributed by atoms with E-state index in [9.17, 15) is 4.79 Å². The Morgan fingerprint density at radius 1 is 1.17 bits per heavy atom. The van der Waals surface area contributed by atoms with E-state index in [4.69, 9.17) is 4.74 Å². The fourth-order valence-electron chi connectivity index (χ4n) is 2.72. The second kappa shape index (κ2) is 7.25. The van der Waals surface area contributed by atoms with Gasteiger partial charge in [-0.2, -0.15) is 0 Å². The molecule has 1 amide bonds.